The number of carbonyl (C=O) groups excluding carboxylic acids is 1. The average molecular weight is 359 g/mol. The highest BCUT2D eigenvalue weighted by molar-refractivity contribution is 6.28. The summed E-state index contributed by atoms with van der Waals surface area (Å²) in [6.07, 6.45) is 1.63. The number of rotatable bonds is 4. The molecule has 27 heavy (non-hydrogen) atoms. The summed E-state index contributed by atoms with van der Waals surface area (Å²) in [4.78, 5) is 15.3. The molecular weight excluding hydrogens is 342 g/mol. The van der Waals surface area contributed by atoms with Crippen molar-refractivity contribution in [2.45, 2.75) is 6.54 Å². The zero-order valence-corrected chi connectivity index (χ0v) is 14.9. The predicted molar refractivity (Wildman–Crippen MR) is 103 cm³/mol. The predicted octanol–water partition coefficient (Wildman–Crippen LogP) is 4.31. The topological polar surface area (TPSA) is 71.5 Å². The molecule has 0 amide bonds. The molecule has 0 unspecified atom stereocenters. The summed E-state index contributed by atoms with van der Waals surface area (Å²) in [5.41, 5.74) is 4.32. The number of anilines is 2. The molecule has 134 valence electrons. The summed E-state index contributed by atoms with van der Waals surface area (Å²) >= 11 is 0. The van der Waals surface area contributed by atoms with E-state index in [9.17, 15) is 4.79 Å². The van der Waals surface area contributed by atoms with Crippen molar-refractivity contribution in [2.24, 2.45) is 0 Å². The summed E-state index contributed by atoms with van der Waals surface area (Å²) in [6, 6.07) is 13.2. The van der Waals surface area contributed by atoms with E-state index in [1.165, 1.54) is 0 Å². The zero-order chi connectivity index (χ0) is 18.5. The van der Waals surface area contributed by atoms with Crippen LogP contribution in [-0.2, 0) is 6.54 Å². The van der Waals surface area contributed by atoms with Crippen LogP contribution in [0.2, 0.25) is 0 Å². The lowest BCUT2D eigenvalue weighted by atomic mass is 9.86. The van der Waals surface area contributed by atoms with Gasteiger partial charge in [0.2, 0.25) is 0 Å². The van der Waals surface area contributed by atoms with Gasteiger partial charge in [-0.25, -0.2) is 0 Å². The Bertz CT molecular complexity index is 1170. The quantitative estimate of drug-likeness (QED) is 0.515. The molecule has 1 aliphatic rings. The number of furan rings is 1. The number of hydrogen-bond acceptors (Lipinski definition) is 6. The Morgan fingerprint density at radius 2 is 1.93 bits per heavy atom. The van der Waals surface area contributed by atoms with Crippen LogP contribution in [0.3, 0.4) is 0 Å². The van der Waals surface area contributed by atoms with Gasteiger partial charge in [0, 0.05) is 30.9 Å². The van der Waals surface area contributed by atoms with Crippen LogP contribution in [-0.4, -0.2) is 25.0 Å². The molecule has 0 saturated heterocycles. The van der Waals surface area contributed by atoms with Gasteiger partial charge < -0.3 is 19.2 Å². The Kier molecular flexibility index (Phi) is 3.33. The first-order chi connectivity index (χ1) is 13.1. The highest BCUT2D eigenvalue weighted by Gasteiger charge is 2.32. The second kappa shape index (κ2) is 5.74. The van der Waals surface area contributed by atoms with Gasteiger partial charge in [0.1, 0.15) is 11.3 Å². The largest absolute Gasteiger partial charge is 0.467 e. The van der Waals surface area contributed by atoms with Gasteiger partial charge >= 0.3 is 0 Å². The normalized spacial score (nSPS) is 12.3. The molecule has 4 aromatic rings. The molecule has 0 aliphatic heterocycles. The van der Waals surface area contributed by atoms with Gasteiger partial charge in [-0.1, -0.05) is 29.4 Å². The van der Waals surface area contributed by atoms with Crippen molar-refractivity contribution in [1.82, 2.24) is 5.16 Å². The maximum atomic E-state index is 13.3. The third-order valence-corrected chi connectivity index (χ3v) is 4.89. The standard InChI is InChI=1S/C21H17N3O3/c1-24(2)16-10-15(22-11-12-6-5-9-26-12)17-18-19(16)23-27-21(18)14-8-4-3-7-13(14)20(17)25/h3-10,22H,11H2,1-2H3. The number of hydrogen-bond donors (Lipinski definition) is 1. The molecule has 6 nitrogen and oxygen atoms in total. The van der Waals surface area contributed by atoms with Crippen molar-refractivity contribution in [3.8, 4) is 11.3 Å². The first-order valence-electron chi connectivity index (χ1n) is 8.69. The SMILES string of the molecule is CN(C)c1cc(NCc2ccco2)c2c3c(onc13)-c1ccccc1C2=O. The van der Waals surface area contributed by atoms with Crippen molar-refractivity contribution in [3.05, 3.63) is 65.6 Å². The number of ketones is 1. The van der Waals surface area contributed by atoms with Crippen molar-refractivity contribution in [3.63, 3.8) is 0 Å². The van der Waals surface area contributed by atoms with Crippen molar-refractivity contribution >= 4 is 28.1 Å². The summed E-state index contributed by atoms with van der Waals surface area (Å²) in [5, 5.41) is 8.39. The number of fused-ring (bicyclic) bond motifs is 2. The molecule has 5 rings (SSSR count). The molecule has 0 saturated carbocycles. The van der Waals surface area contributed by atoms with Crippen LogP contribution in [0.15, 0.2) is 57.7 Å². The van der Waals surface area contributed by atoms with Crippen LogP contribution in [0.25, 0.3) is 22.2 Å². The van der Waals surface area contributed by atoms with E-state index >= 15 is 0 Å². The number of carbonyl (C=O) groups is 1. The van der Waals surface area contributed by atoms with Gasteiger partial charge in [-0.05, 0) is 18.2 Å². The average Bonchev–Trinajstić information content (AvgIpc) is 3.34. The molecular formula is C21H17N3O3. The van der Waals surface area contributed by atoms with Crippen LogP contribution in [0.5, 0.6) is 0 Å². The summed E-state index contributed by atoms with van der Waals surface area (Å²) in [5.74, 6) is 1.40. The van der Waals surface area contributed by atoms with Crippen molar-refractivity contribution in [2.75, 3.05) is 24.3 Å². The molecule has 0 radical (unpaired) electrons. The highest BCUT2D eigenvalue weighted by Crippen LogP contribution is 2.45. The number of benzene rings is 2. The van der Waals surface area contributed by atoms with Crippen LogP contribution < -0.4 is 10.2 Å². The van der Waals surface area contributed by atoms with Gasteiger partial charge in [0.25, 0.3) is 0 Å². The van der Waals surface area contributed by atoms with E-state index in [0.29, 0.717) is 28.9 Å². The van der Waals surface area contributed by atoms with E-state index < -0.39 is 0 Å². The molecule has 2 heterocycles. The lowest BCUT2D eigenvalue weighted by Gasteiger charge is -2.21. The van der Waals surface area contributed by atoms with Crippen molar-refractivity contribution < 1.29 is 13.7 Å². The second-order valence-corrected chi connectivity index (χ2v) is 6.76. The van der Waals surface area contributed by atoms with E-state index in [2.05, 4.69) is 10.5 Å². The van der Waals surface area contributed by atoms with Gasteiger partial charge in [0.15, 0.2) is 11.5 Å². The van der Waals surface area contributed by atoms with E-state index in [1.54, 1.807) is 6.26 Å². The minimum Gasteiger partial charge on any atom is -0.467 e. The summed E-state index contributed by atoms with van der Waals surface area (Å²) < 4.78 is 11.1. The number of nitrogens with zero attached hydrogens (tertiary/aromatic N) is 2. The molecule has 6 heteroatoms. The maximum Gasteiger partial charge on any atom is 0.196 e. The van der Waals surface area contributed by atoms with E-state index in [0.717, 1.165) is 28.1 Å². The second-order valence-electron chi connectivity index (χ2n) is 6.76. The molecule has 0 spiro atoms. The molecule has 0 bridgehead atoms. The van der Waals surface area contributed by atoms with Gasteiger partial charge in [-0.3, -0.25) is 4.79 Å². The third-order valence-electron chi connectivity index (χ3n) is 4.89. The number of nitrogens with one attached hydrogen (secondary N) is 1. The Morgan fingerprint density at radius 3 is 2.67 bits per heavy atom. The Balaban J connectivity index is 1.76. The van der Waals surface area contributed by atoms with E-state index in [4.69, 9.17) is 8.94 Å². The zero-order valence-electron chi connectivity index (χ0n) is 14.9. The summed E-state index contributed by atoms with van der Waals surface area (Å²) in [6.45, 7) is 0.480. The monoisotopic (exact) mass is 359 g/mol. The van der Waals surface area contributed by atoms with Gasteiger partial charge in [0.05, 0.1) is 29.4 Å². The van der Waals surface area contributed by atoms with Crippen LogP contribution in [0, 0.1) is 0 Å². The summed E-state index contributed by atoms with van der Waals surface area (Å²) in [7, 11) is 3.89. The maximum absolute atomic E-state index is 13.3. The molecule has 0 fully saturated rings. The van der Waals surface area contributed by atoms with Crippen LogP contribution >= 0.6 is 0 Å². The molecule has 2 aromatic carbocycles. The molecule has 1 N–H and O–H groups in total. The lowest BCUT2D eigenvalue weighted by Crippen LogP contribution is -2.15. The fourth-order valence-electron chi connectivity index (χ4n) is 3.62. The fourth-order valence-corrected chi connectivity index (χ4v) is 3.62. The first-order valence-corrected chi connectivity index (χ1v) is 8.69. The van der Waals surface area contributed by atoms with E-state index in [1.807, 2.05) is 61.5 Å². The Hall–Kier alpha value is -3.54. The molecule has 2 aromatic heterocycles. The van der Waals surface area contributed by atoms with Crippen LogP contribution in [0.4, 0.5) is 11.4 Å². The highest BCUT2D eigenvalue weighted by atomic mass is 16.5. The van der Waals surface area contributed by atoms with Crippen LogP contribution in [0.1, 0.15) is 21.7 Å². The minimum atomic E-state index is -0.0291. The van der Waals surface area contributed by atoms with Gasteiger partial charge in [-0.2, -0.15) is 0 Å². The Labute approximate surface area is 155 Å². The third kappa shape index (κ3) is 2.26. The van der Waals surface area contributed by atoms with Crippen molar-refractivity contribution in [1.29, 1.82) is 0 Å². The van der Waals surface area contributed by atoms with Gasteiger partial charge in [-0.15, -0.1) is 0 Å². The molecule has 0 atom stereocenters. The molecule has 1 aliphatic carbocycles. The Morgan fingerprint density at radius 1 is 1.11 bits per heavy atom. The smallest absolute Gasteiger partial charge is 0.196 e. The minimum absolute atomic E-state index is 0.0291. The number of aromatic nitrogens is 1. The lowest BCUT2D eigenvalue weighted by molar-refractivity contribution is 0.104. The fraction of sp³-hybridized carbons (Fsp3) is 0.143. The first kappa shape index (κ1) is 15.7. The van der Waals surface area contributed by atoms with E-state index in [-0.39, 0.29) is 5.78 Å².